The van der Waals surface area contributed by atoms with Crippen molar-refractivity contribution >= 4 is 11.6 Å². The van der Waals surface area contributed by atoms with Crippen LogP contribution in [0.4, 0.5) is 8.78 Å². The maximum atomic E-state index is 13.5. The lowest BCUT2D eigenvalue weighted by molar-refractivity contribution is 0.570. The fourth-order valence-corrected chi connectivity index (χ4v) is 2.17. The van der Waals surface area contributed by atoms with Crippen molar-refractivity contribution in [2.75, 3.05) is 0 Å². The molecule has 0 saturated heterocycles. The Morgan fingerprint density at radius 3 is 2.56 bits per heavy atom. The second kappa shape index (κ2) is 5.49. The zero-order chi connectivity index (χ0) is 13.1. The lowest BCUT2D eigenvalue weighted by Crippen LogP contribution is -1.99. The first-order valence-electron chi connectivity index (χ1n) is 5.71. The largest absolute Gasteiger partial charge is 0.207 e. The van der Waals surface area contributed by atoms with Crippen molar-refractivity contribution in [1.29, 1.82) is 0 Å². The van der Waals surface area contributed by atoms with Gasteiger partial charge in [-0.05, 0) is 30.5 Å². The minimum Gasteiger partial charge on any atom is -0.207 e. The van der Waals surface area contributed by atoms with Crippen molar-refractivity contribution in [2.24, 2.45) is 0 Å². The summed E-state index contributed by atoms with van der Waals surface area (Å²) in [5.74, 6) is -1.12. The van der Waals surface area contributed by atoms with Crippen molar-refractivity contribution < 1.29 is 8.78 Å². The first-order chi connectivity index (χ1) is 8.56. The minimum atomic E-state index is -0.571. The van der Waals surface area contributed by atoms with Gasteiger partial charge in [-0.3, -0.25) is 0 Å². The minimum absolute atomic E-state index is 0.315. The van der Waals surface area contributed by atoms with Gasteiger partial charge in [0.1, 0.15) is 11.6 Å². The van der Waals surface area contributed by atoms with Gasteiger partial charge in [-0.25, -0.2) is 8.78 Å². The summed E-state index contributed by atoms with van der Waals surface area (Å²) < 4.78 is 26.3. The molecule has 0 radical (unpaired) electrons. The maximum Gasteiger partial charge on any atom is 0.129 e. The summed E-state index contributed by atoms with van der Waals surface area (Å²) in [6, 6.07) is 11.3. The summed E-state index contributed by atoms with van der Waals surface area (Å²) in [4.78, 5) is 0. The number of rotatable bonds is 3. The van der Waals surface area contributed by atoms with E-state index in [-0.39, 0.29) is 5.38 Å². The Morgan fingerprint density at radius 1 is 1.11 bits per heavy atom. The Hall–Kier alpha value is -1.41. The van der Waals surface area contributed by atoms with E-state index in [1.807, 2.05) is 31.2 Å². The summed E-state index contributed by atoms with van der Waals surface area (Å²) in [6.07, 6.45) is 0.344. The number of hydrogen-bond acceptors (Lipinski definition) is 0. The normalized spacial score (nSPS) is 12.4. The lowest BCUT2D eigenvalue weighted by Gasteiger charge is -2.11. The summed E-state index contributed by atoms with van der Waals surface area (Å²) in [6.45, 7) is 1.98. The second-order valence-electron chi connectivity index (χ2n) is 4.32. The van der Waals surface area contributed by atoms with E-state index in [4.69, 9.17) is 11.6 Å². The molecule has 0 amide bonds. The van der Waals surface area contributed by atoms with E-state index in [0.717, 1.165) is 17.2 Å². The van der Waals surface area contributed by atoms with Gasteiger partial charge in [-0.2, -0.15) is 0 Å². The molecule has 0 aromatic heterocycles. The lowest BCUT2D eigenvalue weighted by atomic mass is 10.0. The average molecular weight is 267 g/mol. The van der Waals surface area contributed by atoms with Gasteiger partial charge in [-0.15, -0.1) is 11.6 Å². The number of aryl methyl sites for hydroxylation is 1. The summed E-state index contributed by atoms with van der Waals surface area (Å²) in [7, 11) is 0. The Kier molecular flexibility index (Phi) is 3.97. The molecule has 0 heterocycles. The molecular weight excluding hydrogens is 254 g/mol. The molecule has 2 rings (SSSR count). The molecule has 2 aromatic rings. The highest BCUT2D eigenvalue weighted by molar-refractivity contribution is 6.20. The number of halogens is 3. The predicted molar refractivity (Wildman–Crippen MR) is 69.8 cm³/mol. The van der Waals surface area contributed by atoms with Crippen LogP contribution in [0.15, 0.2) is 42.5 Å². The first-order valence-corrected chi connectivity index (χ1v) is 6.14. The standard InChI is InChI=1S/C15H13ClF2/c1-10-3-2-4-11(7-10)14(16)8-12-5-6-13(17)9-15(12)18/h2-7,9,14H,8H2,1H3. The monoisotopic (exact) mass is 266 g/mol. The summed E-state index contributed by atoms with van der Waals surface area (Å²) in [5.41, 5.74) is 2.48. The molecule has 0 aliphatic carbocycles. The average Bonchev–Trinajstić information content (AvgIpc) is 2.32. The van der Waals surface area contributed by atoms with Crippen molar-refractivity contribution in [3.63, 3.8) is 0 Å². The molecule has 0 aliphatic heterocycles. The molecule has 2 aromatic carbocycles. The van der Waals surface area contributed by atoms with Gasteiger partial charge in [-0.1, -0.05) is 35.9 Å². The molecule has 0 N–H and O–H groups in total. The molecule has 3 heteroatoms. The van der Waals surface area contributed by atoms with Crippen LogP contribution in [0.1, 0.15) is 22.1 Å². The maximum absolute atomic E-state index is 13.5. The summed E-state index contributed by atoms with van der Waals surface area (Å²) >= 11 is 6.26. The number of benzene rings is 2. The van der Waals surface area contributed by atoms with E-state index < -0.39 is 11.6 Å². The van der Waals surface area contributed by atoms with Crippen LogP contribution >= 0.6 is 11.6 Å². The fourth-order valence-electron chi connectivity index (χ4n) is 1.86. The molecular formula is C15H13ClF2. The smallest absolute Gasteiger partial charge is 0.129 e. The van der Waals surface area contributed by atoms with Gasteiger partial charge in [0.2, 0.25) is 0 Å². The molecule has 1 unspecified atom stereocenters. The van der Waals surface area contributed by atoms with Crippen LogP contribution in [-0.2, 0) is 6.42 Å². The quantitative estimate of drug-likeness (QED) is 0.701. The highest BCUT2D eigenvalue weighted by atomic mass is 35.5. The predicted octanol–water partition coefficient (Wildman–Crippen LogP) is 4.80. The zero-order valence-corrected chi connectivity index (χ0v) is 10.7. The van der Waals surface area contributed by atoms with E-state index in [1.54, 1.807) is 0 Å². The third kappa shape index (κ3) is 3.08. The van der Waals surface area contributed by atoms with Crippen LogP contribution in [0.3, 0.4) is 0 Å². The van der Waals surface area contributed by atoms with Gasteiger partial charge in [0.05, 0.1) is 5.38 Å². The van der Waals surface area contributed by atoms with E-state index in [9.17, 15) is 8.78 Å². The Morgan fingerprint density at radius 2 is 1.89 bits per heavy atom. The third-order valence-corrected chi connectivity index (χ3v) is 3.22. The van der Waals surface area contributed by atoms with Crippen molar-refractivity contribution in [1.82, 2.24) is 0 Å². The van der Waals surface area contributed by atoms with Gasteiger partial charge in [0, 0.05) is 6.07 Å². The van der Waals surface area contributed by atoms with Gasteiger partial charge < -0.3 is 0 Å². The van der Waals surface area contributed by atoms with Gasteiger partial charge in [0.25, 0.3) is 0 Å². The van der Waals surface area contributed by atoms with Crippen LogP contribution < -0.4 is 0 Å². The van der Waals surface area contributed by atoms with Gasteiger partial charge >= 0.3 is 0 Å². The Bertz CT molecular complexity index is 552. The highest BCUT2D eigenvalue weighted by Gasteiger charge is 2.12. The highest BCUT2D eigenvalue weighted by Crippen LogP contribution is 2.26. The van der Waals surface area contributed by atoms with Gasteiger partial charge in [0.15, 0.2) is 0 Å². The molecule has 0 spiro atoms. The molecule has 0 nitrogen and oxygen atoms in total. The molecule has 18 heavy (non-hydrogen) atoms. The van der Waals surface area contributed by atoms with Crippen LogP contribution in [0.2, 0.25) is 0 Å². The molecule has 1 atom stereocenters. The Labute approximate surface area is 110 Å². The van der Waals surface area contributed by atoms with Crippen molar-refractivity contribution in [3.05, 3.63) is 70.8 Å². The van der Waals surface area contributed by atoms with Crippen LogP contribution in [0, 0.1) is 18.6 Å². The number of hydrogen-bond donors (Lipinski definition) is 0. The van der Waals surface area contributed by atoms with E-state index in [0.29, 0.717) is 12.0 Å². The molecule has 0 aliphatic rings. The summed E-state index contributed by atoms with van der Waals surface area (Å²) in [5, 5.41) is -0.315. The van der Waals surface area contributed by atoms with Crippen LogP contribution in [0.5, 0.6) is 0 Å². The molecule has 0 bridgehead atoms. The number of alkyl halides is 1. The molecule has 94 valence electrons. The van der Waals surface area contributed by atoms with E-state index >= 15 is 0 Å². The Balaban J connectivity index is 2.18. The van der Waals surface area contributed by atoms with E-state index in [2.05, 4.69) is 0 Å². The van der Waals surface area contributed by atoms with Crippen molar-refractivity contribution in [2.45, 2.75) is 18.7 Å². The first kappa shape index (κ1) is 13.0. The topological polar surface area (TPSA) is 0 Å². The van der Waals surface area contributed by atoms with Crippen LogP contribution in [-0.4, -0.2) is 0 Å². The van der Waals surface area contributed by atoms with Crippen LogP contribution in [0.25, 0.3) is 0 Å². The third-order valence-electron chi connectivity index (χ3n) is 2.82. The second-order valence-corrected chi connectivity index (χ2v) is 4.85. The SMILES string of the molecule is Cc1cccc(C(Cl)Cc2ccc(F)cc2F)c1. The van der Waals surface area contributed by atoms with E-state index in [1.165, 1.54) is 12.1 Å². The molecule has 0 saturated carbocycles. The van der Waals surface area contributed by atoms with Crippen molar-refractivity contribution in [3.8, 4) is 0 Å². The molecule has 0 fully saturated rings. The fraction of sp³-hybridized carbons (Fsp3) is 0.200. The zero-order valence-electron chi connectivity index (χ0n) is 9.96.